The molecule has 2 aromatic heterocycles. The molecule has 0 radical (unpaired) electrons. The summed E-state index contributed by atoms with van der Waals surface area (Å²) in [7, 11) is 0. The largest absolute Gasteiger partial charge is 0.394 e. The number of fused-ring (bicyclic) bond motifs is 2. The maximum absolute atomic E-state index is 8.67. The molecule has 148 valence electrons. The Morgan fingerprint density at radius 3 is 2.89 bits per heavy atom. The van der Waals surface area contributed by atoms with E-state index in [1.165, 1.54) is 19.3 Å². The van der Waals surface area contributed by atoms with Crippen LogP contribution in [0.5, 0.6) is 0 Å². The molecule has 4 rings (SSSR count). The van der Waals surface area contributed by atoms with Crippen molar-refractivity contribution in [2.75, 3.05) is 50.2 Å². The Morgan fingerprint density at radius 1 is 1.11 bits per heavy atom. The number of nitrogens with zero attached hydrogens (tertiary/aromatic N) is 5. The van der Waals surface area contributed by atoms with Gasteiger partial charge in [-0.2, -0.15) is 11.8 Å². The third-order valence-electron chi connectivity index (χ3n) is 5.22. The van der Waals surface area contributed by atoms with Crippen molar-refractivity contribution in [3.05, 3.63) is 12.7 Å². The summed E-state index contributed by atoms with van der Waals surface area (Å²) in [5, 5.41) is 9.40. The second-order valence-electron chi connectivity index (χ2n) is 6.86. The molecule has 1 saturated heterocycles. The number of thioether (sulfide) groups is 1. The number of aliphatic hydroxyl groups is 1. The predicted molar refractivity (Wildman–Crippen MR) is 105 cm³/mol. The Kier molecular flexibility index (Phi) is 6.43. The van der Waals surface area contributed by atoms with E-state index in [0.717, 1.165) is 34.5 Å². The Morgan fingerprint density at radius 2 is 2.00 bits per heavy atom. The van der Waals surface area contributed by atoms with Gasteiger partial charge in [-0.15, -0.1) is 0 Å². The van der Waals surface area contributed by atoms with Crippen LogP contribution in [-0.2, 0) is 16.0 Å². The summed E-state index contributed by atoms with van der Waals surface area (Å²) in [5.41, 5.74) is 1.76. The lowest BCUT2D eigenvalue weighted by Crippen LogP contribution is -2.45. The average Bonchev–Trinajstić information content (AvgIpc) is 3.34. The number of ether oxygens (including phenoxy) is 2. The highest BCUT2D eigenvalue weighted by Crippen LogP contribution is 2.39. The molecule has 3 heterocycles. The number of aliphatic hydroxyl groups excluding tert-OH is 1. The Balaban J connectivity index is 1.41. The van der Waals surface area contributed by atoms with Gasteiger partial charge in [0.1, 0.15) is 6.33 Å². The minimum Gasteiger partial charge on any atom is -0.394 e. The van der Waals surface area contributed by atoms with Gasteiger partial charge in [-0.25, -0.2) is 15.0 Å². The van der Waals surface area contributed by atoms with E-state index >= 15 is 0 Å². The summed E-state index contributed by atoms with van der Waals surface area (Å²) in [5.74, 6) is 2.13. The summed E-state index contributed by atoms with van der Waals surface area (Å²) in [4.78, 5) is 16.2. The first kappa shape index (κ1) is 18.9. The first-order valence-electron chi connectivity index (χ1n) is 9.69. The zero-order valence-corrected chi connectivity index (χ0v) is 16.3. The first-order chi connectivity index (χ1) is 13.4. The van der Waals surface area contributed by atoms with Crippen LogP contribution >= 0.6 is 11.8 Å². The third-order valence-corrected chi connectivity index (χ3v) is 6.62. The van der Waals surface area contributed by atoms with Crippen LogP contribution in [0.1, 0.15) is 19.3 Å². The molecule has 2 aliphatic rings. The van der Waals surface area contributed by atoms with Gasteiger partial charge in [0.05, 0.1) is 39.4 Å². The normalized spacial score (nSPS) is 22.5. The van der Waals surface area contributed by atoms with Gasteiger partial charge in [0.2, 0.25) is 0 Å². The molecule has 2 unspecified atom stereocenters. The van der Waals surface area contributed by atoms with Crippen LogP contribution in [0.15, 0.2) is 12.7 Å². The van der Waals surface area contributed by atoms with E-state index in [2.05, 4.69) is 31.6 Å². The van der Waals surface area contributed by atoms with Gasteiger partial charge in [0, 0.05) is 30.1 Å². The molecule has 0 spiro atoms. The summed E-state index contributed by atoms with van der Waals surface area (Å²) in [6.07, 6.45) is 7.36. The number of anilines is 1. The van der Waals surface area contributed by atoms with Crippen molar-refractivity contribution in [1.82, 2.24) is 19.5 Å². The Labute approximate surface area is 163 Å². The fourth-order valence-electron chi connectivity index (χ4n) is 3.98. The molecule has 2 atom stereocenters. The van der Waals surface area contributed by atoms with Crippen LogP contribution in [0.2, 0.25) is 0 Å². The number of hydrogen-bond donors (Lipinski definition) is 1. The highest BCUT2D eigenvalue weighted by Gasteiger charge is 2.37. The summed E-state index contributed by atoms with van der Waals surface area (Å²) in [6, 6.07) is 0.578. The van der Waals surface area contributed by atoms with Crippen molar-refractivity contribution in [2.45, 2.75) is 37.1 Å². The lowest BCUT2D eigenvalue weighted by Gasteiger charge is -2.38. The maximum atomic E-state index is 8.67. The smallest absolute Gasteiger partial charge is 0.165 e. The highest BCUT2D eigenvalue weighted by atomic mass is 32.2. The van der Waals surface area contributed by atoms with Gasteiger partial charge in [-0.3, -0.25) is 0 Å². The minimum atomic E-state index is 0.0420. The van der Waals surface area contributed by atoms with E-state index in [-0.39, 0.29) is 6.61 Å². The summed E-state index contributed by atoms with van der Waals surface area (Å²) >= 11 is 2.11. The standard InChI is InChI=1S/C18H27N5O3S/c24-6-8-26-10-9-25-7-4-22-13-21-16-17(22)19-12-20-18(16)23-5-11-27-15-3-1-2-14(15)23/h12-15,24H,1-11H2. The Hall–Kier alpha value is -1.42. The molecule has 27 heavy (non-hydrogen) atoms. The fourth-order valence-corrected chi connectivity index (χ4v) is 5.42. The molecule has 1 saturated carbocycles. The second-order valence-corrected chi connectivity index (χ2v) is 8.20. The lowest BCUT2D eigenvalue weighted by molar-refractivity contribution is 0.0311. The van der Waals surface area contributed by atoms with Crippen LogP contribution in [0.4, 0.5) is 5.82 Å². The molecular formula is C18H27N5O3S. The van der Waals surface area contributed by atoms with Crippen LogP contribution in [0.3, 0.4) is 0 Å². The van der Waals surface area contributed by atoms with Gasteiger partial charge in [-0.05, 0) is 12.8 Å². The monoisotopic (exact) mass is 393 g/mol. The zero-order chi connectivity index (χ0) is 18.5. The van der Waals surface area contributed by atoms with Gasteiger partial charge in [0.25, 0.3) is 0 Å². The van der Waals surface area contributed by atoms with Crippen molar-refractivity contribution in [2.24, 2.45) is 0 Å². The molecule has 1 aliphatic carbocycles. The molecule has 9 heteroatoms. The van der Waals surface area contributed by atoms with E-state index in [1.54, 1.807) is 6.33 Å². The van der Waals surface area contributed by atoms with Crippen molar-refractivity contribution < 1.29 is 14.6 Å². The lowest BCUT2D eigenvalue weighted by atomic mass is 10.2. The molecule has 8 nitrogen and oxygen atoms in total. The van der Waals surface area contributed by atoms with Crippen LogP contribution in [-0.4, -0.2) is 81.2 Å². The fraction of sp³-hybridized carbons (Fsp3) is 0.722. The Bertz CT molecular complexity index is 743. The second kappa shape index (κ2) is 9.18. The minimum absolute atomic E-state index is 0.0420. The van der Waals surface area contributed by atoms with E-state index in [9.17, 15) is 0 Å². The first-order valence-corrected chi connectivity index (χ1v) is 10.7. The van der Waals surface area contributed by atoms with Gasteiger partial charge in [-0.1, -0.05) is 6.42 Å². The number of rotatable bonds is 9. The molecule has 0 amide bonds. The van der Waals surface area contributed by atoms with Crippen molar-refractivity contribution in [3.8, 4) is 0 Å². The zero-order valence-electron chi connectivity index (χ0n) is 15.5. The average molecular weight is 394 g/mol. The van der Waals surface area contributed by atoms with Crippen LogP contribution in [0, 0.1) is 0 Å². The van der Waals surface area contributed by atoms with Crippen LogP contribution in [0.25, 0.3) is 11.2 Å². The topological polar surface area (TPSA) is 85.5 Å². The molecular weight excluding hydrogens is 366 g/mol. The molecule has 0 aromatic carbocycles. The molecule has 0 bridgehead atoms. The molecule has 2 fully saturated rings. The number of aromatic nitrogens is 4. The number of hydrogen-bond acceptors (Lipinski definition) is 8. The SMILES string of the molecule is OCCOCCOCCn1cnc2c(N3CCSC4CCCC43)ncnc21. The van der Waals surface area contributed by atoms with E-state index in [1.807, 2.05) is 10.9 Å². The molecule has 1 aliphatic heterocycles. The van der Waals surface area contributed by atoms with Crippen LogP contribution < -0.4 is 4.90 Å². The summed E-state index contributed by atoms with van der Waals surface area (Å²) in [6.45, 7) is 3.69. The molecule has 2 aromatic rings. The molecule has 1 N–H and O–H groups in total. The van der Waals surface area contributed by atoms with Crippen molar-refractivity contribution in [3.63, 3.8) is 0 Å². The van der Waals surface area contributed by atoms with Crippen molar-refractivity contribution in [1.29, 1.82) is 0 Å². The van der Waals surface area contributed by atoms with Gasteiger partial charge in [0.15, 0.2) is 17.0 Å². The van der Waals surface area contributed by atoms with Gasteiger partial charge < -0.3 is 24.0 Å². The third kappa shape index (κ3) is 4.21. The quantitative estimate of drug-likeness (QED) is 0.639. The highest BCUT2D eigenvalue weighted by molar-refractivity contribution is 8.00. The predicted octanol–water partition coefficient (Wildman–Crippen LogP) is 1.33. The summed E-state index contributed by atoms with van der Waals surface area (Å²) < 4.78 is 12.8. The van der Waals surface area contributed by atoms with E-state index in [0.29, 0.717) is 39.0 Å². The van der Waals surface area contributed by atoms with Gasteiger partial charge >= 0.3 is 0 Å². The van der Waals surface area contributed by atoms with Crippen molar-refractivity contribution >= 4 is 28.7 Å². The number of imidazole rings is 1. The maximum Gasteiger partial charge on any atom is 0.165 e. The van der Waals surface area contributed by atoms with E-state index < -0.39 is 0 Å². The van der Waals surface area contributed by atoms with E-state index in [4.69, 9.17) is 14.6 Å².